The van der Waals surface area contributed by atoms with E-state index in [2.05, 4.69) is 4.98 Å². The van der Waals surface area contributed by atoms with E-state index in [0.29, 0.717) is 12.4 Å². The lowest BCUT2D eigenvalue weighted by Gasteiger charge is -2.17. The molecule has 0 unspecified atom stereocenters. The van der Waals surface area contributed by atoms with Crippen LogP contribution >= 0.6 is 0 Å². The highest BCUT2D eigenvalue weighted by atomic mass is 16.5. The molecule has 0 aliphatic carbocycles. The topological polar surface area (TPSA) is 59.4 Å². The Bertz CT molecular complexity index is 349. The van der Waals surface area contributed by atoms with Crippen LogP contribution < -0.4 is 4.74 Å². The summed E-state index contributed by atoms with van der Waals surface area (Å²) in [5.41, 5.74) is 1.06. The standard InChI is InChI=1S/C9H9NO3/c11-9(12)7-5-10-4-6-2-1-3-13-8(6)7/h4-5H,1-3H2,(H,11,12). The highest BCUT2D eigenvalue weighted by Gasteiger charge is 2.18. The Morgan fingerprint density at radius 1 is 1.54 bits per heavy atom. The Balaban J connectivity index is 2.52. The van der Waals surface area contributed by atoms with Gasteiger partial charge >= 0.3 is 5.97 Å². The van der Waals surface area contributed by atoms with Crippen LogP contribution in [0.2, 0.25) is 0 Å². The maximum absolute atomic E-state index is 10.8. The molecule has 1 aliphatic rings. The summed E-state index contributed by atoms with van der Waals surface area (Å²) < 4.78 is 5.30. The fourth-order valence-electron chi connectivity index (χ4n) is 1.43. The molecule has 0 bridgehead atoms. The van der Waals surface area contributed by atoms with Gasteiger partial charge in [-0.2, -0.15) is 0 Å². The highest BCUT2D eigenvalue weighted by molar-refractivity contribution is 5.91. The third kappa shape index (κ3) is 1.35. The van der Waals surface area contributed by atoms with Crippen LogP contribution in [0.3, 0.4) is 0 Å². The third-order valence-electron chi connectivity index (χ3n) is 2.04. The minimum atomic E-state index is -0.980. The summed E-state index contributed by atoms with van der Waals surface area (Å²) in [5.74, 6) is -0.486. The minimum absolute atomic E-state index is 0.164. The molecule has 4 nitrogen and oxygen atoms in total. The highest BCUT2D eigenvalue weighted by Crippen LogP contribution is 2.27. The normalized spacial score (nSPS) is 14.5. The molecule has 1 aromatic heterocycles. The maximum atomic E-state index is 10.8. The molecular weight excluding hydrogens is 170 g/mol. The van der Waals surface area contributed by atoms with E-state index in [-0.39, 0.29) is 5.56 Å². The Labute approximate surface area is 75.2 Å². The number of aromatic nitrogens is 1. The Morgan fingerprint density at radius 3 is 3.15 bits per heavy atom. The fourth-order valence-corrected chi connectivity index (χ4v) is 1.43. The molecule has 0 amide bonds. The first-order chi connectivity index (χ1) is 6.29. The van der Waals surface area contributed by atoms with Crippen LogP contribution in [0.1, 0.15) is 22.3 Å². The second-order valence-electron chi connectivity index (χ2n) is 2.93. The zero-order valence-corrected chi connectivity index (χ0v) is 6.99. The Kier molecular flexibility index (Phi) is 1.88. The van der Waals surface area contributed by atoms with Crippen molar-refractivity contribution in [1.82, 2.24) is 4.98 Å². The number of ether oxygens (including phenoxy) is 1. The molecule has 0 atom stereocenters. The summed E-state index contributed by atoms with van der Waals surface area (Å²) in [5, 5.41) is 8.82. The van der Waals surface area contributed by atoms with Crippen LogP contribution in [0.5, 0.6) is 5.75 Å². The zero-order valence-electron chi connectivity index (χ0n) is 6.99. The van der Waals surface area contributed by atoms with E-state index < -0.39 is 5.97 Å². The number of fused-ring (bicyclic) bond motifs is 1. The number of rotatable bonds is 1. The average molecular weight is 179 g/mol. The van der Waals surface area contributed by atoms with E-state index in [4.69, 9.17) is 9.84 Å². The lowest BCUT2D eigenvalue weighted by molar-refractivity contribution is 0.0690. The summed E-state index contributed by atoms with van der Waals surface area (Å²) in [7, 11) is 0. The van der Waals surface area contributed by atoms with Crippen molar-refractivity contribution in [1.29, 1.82) is 0 Å². The zero-order chi connectivity index (χ0) is 9.26. The number of hydrogen-bond donors (Lipinski definition) is 1. The molecule has 0 saturated carbocycles. The number of carbonyl (C=O) groups is 1. The van der Waals surface area contributed by atoms with Gasteiger partial charge < -0.3 is 9.84 Å². The number of nitrogens with zero attached hydrogens (tertiary/aromatic N) is 1. The van der Waals surface area contributed by atoms with Gasteiger partial charge in [-0.05, 0) is 12.8 Å². The van der Waals surface area contributed by atoms with Crippen LogP contribution in [0.15, 0.2) is 12.4 Å². The summed E-state index contributed by atoms with van der Waals surface area (Å²) in [6.07, 6.45) is 4.77. The van der Waals surface area contributed by atoms with Gasteiger partial charge in [-0.15, -0.1) is 0 Å². The first-order valence-corrected chi connectivity index (χ1v) is 4.12. The molecule has 13 heavy (non-hydrogen) atoms. The predicted molar refractivity (Wildman–Crippen MR) is 45.0 cm³/mol. The van der Waals surface area contributed by atoms with E-state index in [1.165, 1.54) is 6.20 Å². The Morgan fingerprint density at radius 2 is 2.38 bits per heavy atom. The van der Waals surface area contributed by atoms with Crippen molar-refractivity contribution in [3.8, 4) is 5.75 Å². The van der Waals surface area contributed by atoms with Gasteiger partial charge in [-0.3, -0.25) is 4.98 Å². The summed E-state index contributed by atoms with van der Waals surface area (Å²) in [6, 6.07) is 0. The SMILES string of the molecule is O=C(O)c1cncc2c1OCCC2. The largest absolute Gasteiger partial charge is 0.492 e. The number of hydrogen-bond acceptors (Lipinski definition) is 3. The molecule has 2 rings (SSSR count). The van der Waals surface area contributed by atoms with E-state index in [1.54, 1.807) is 6.20 Å². The van der Waals surface area contributed by atoms with E-state index >= 15 is 0 Å². The van der Waals surface area contributed by atoms with Gasteiger partial charge in [0.25, 0.3) is 0 Å². The van der Waals surface area contributed by atoms with Crippen LogP contribution in [0.25, 0.3) is 0 Å². The molecule has 1 N–H and O–H groups in total. The predicted octanol–water partition coefficient (Wildman–Crippen LogP) is 1.10. The smallest absolute Gasteiger partial charge is 0.341 e. The third-order valence-corrected chi connectivity index (χ3v) is 2.04. The summed E-state index contributed by atoms with van der Waals surface area (Å²) >= 11 is 0. The lowest BCUT2D eigenvalue weighted by atomic mass is 10.1. The monoisotopic (exact) mass is 179 g/mol. The quantitative estimate of drug-likeness (QED) is 0.701. The maximum Gasteiger partial charge on any atom is 0.341 e. The van der Waals surface area contributed by atoms with Gasteiger partial charge in [0.15, 0.2) is 0 Å². The number of carboxylic acid groups (broad SMARTS) is 1. The molecule has 2 heterocycles. The average Bonchev–Trinajstić information content (AvgIpc) is 2.17. The molecular formula is C9H9NO3. The number of carboxylic acids is 1. The van der Waals surface area contributed by atoms with Gasteiger partial charge in [0.1, 0.15) is 11.3 Å². The number of pyridine rings is 1. The number of aromatic carboxylic acids is 1. The second kappa shape index (κ2) is 3.05. The summed E-state index contributed by atoms with van der Waals surface area (Å²) in [4.78, 5) is 14.6. The number of aryl methyl sites for hydroxylation is 1. The molecule has 1 aromatic rings. The Hall–Kier alpha value is -1.58. The van der Waals surface area contributed by atoms with Crippen molar-refractivity contribution in [2.75, 3.05) is 6.61 Å². The summed E-state index contributed by atoms with van der Waals surface area (Å²) in [6.45, 7) is 0.595. The van der Waals surface area contributed by atoms with Gasteiger partial charge in [-0.25, -0.2) is 4.79 Å². The van der Waals surface area contributed by atoms with Crippen LogP contribution in [-0.2, 0) is 6.42 Å². The minimum Gasteiger partial charge on any atom is -0.492 e. The van der Waals surface area contributed by atoms with Crippen molar-refractivity contribution in [2.45, 2.75) is 12.8 Å². The van der Waals surface area contributed by atoms with Crippen LogP contribution in [0.4, 0.5) is 0 Å². The van der Waals surface area contributed by atoms with Gasteiger partial charge in [-0.1, -0.05) is 0 Å². The lowest BCUT2D eigenvalue weighted by Crippen LogP contribution is -2.13. The van der Waals surface area contributed by atoms with Crippen molar-refractivity contribution in [2.24, 2.45) is 0 Å². The molecule has 1 aliphatic heterocycles. The van der Waals surface area contributed by atoms with Crippen molar-refractivity contribution < 1.29 is 14.6 Å². The van der Waals surface area contributed by atoms with Gasteiger partial charge in [0.2, 0.25) is 0 Å². The molecule has 68 valence electrons. The van der Waals surface area contributed by atoms with E-state index in [0.717, 1.165) is 18.4 Å². The van der Waals surface area contributed by atoms with Crippen molar-refractivity contribution in [3.05, 3.63) is 23.5 Å². The molecule has 0 aromatic carbocycles. The fraction of sp³-hybridized carbons (Fsp3) is 0.333. The van der Waals surface area contributed by atoms with Crippen molar-refractivity contribution in [3.63, 3.8) is 0 Å². The molecule has 0 radical (unpaired) electrons. The van der Waals surface area contributed by atoms with Gasteiger partial charge in [0.05, 0.1) is 6.61 Å². The molecule has 0 saturated heterocycles. The molecule has 0 spiro atoms. The second-order valence-corrected chi connectivity index (χ2v) is 2.93. The molecule has 0 fully saturated rings. The van der Waals surface area contributed by atoms with E-state index in [9.17, 15) is 4.79 Å². The van der Waals surface area contributed by atoms with Crippen molar-refractivity contribution >= 4 is 5.97 Å². The van der Waals surface area contributed by atoms with Gasteiger partial charge in [0, 0.05) is 18.0 Å². The first-order valence-electron chi connectivity index (χ1n) is 4.12. The van der Waals surface area contributed by atoms with Crippen LogP contribution in [-0.4, -0.2) is 22.7 Å². The molecule has 4 heteroatoms. The van der Waals surface area contributed by atoms with E-state index in [1.807, 2.05) is 0 Å². The first kappa shape index (κ1) is 8.04. The van der Waals surface area contributed by atoms with Crippen LogP contribution in [0, 0.1) is 0 Å².